The maximum Gasteiger partial charge on any atom is 0.232 e. The molecule has 2 aromatic carbocycles. The average molecular weight is 478 g/mol. The Morgan fingerprint density at radius 1 is 1.00 bits per heavy atom. The minimum atomic E-state index is 0.131. The number of thioether (sulfide) groups is 1. The van der Waals surface area contributed by atoms with Gasteiger partial charge in [-0.3, -0.25) is 0 Å². The molecule has 0 aliphatic carbocycles. The van der Waals surface area contributed by atoms with Crippen LogP contribution in [0.2, 0.25) is 0 Å². The Bertz CT molecular complexity index is 1240. The van der Waals surface area contributed by atoms with Crippen LogP contribution in [-0.2, 0) is 12.4 Å². The van der Waals surface area contributed by atoms with E-state index in [1.807, 2.05) is 43.3 Å². The minimum Gasteiger partial charge on any atom is -0.486 e. The number of rotatable bonds is 9. The molecular weight excluding hydrogens is 450 g/mol. The first kappa shape index (κ1) is 23.3. The summed E-state index contributed by atoms with van der Waals surface area (Å²) >= 11 is 1.35. The van der Waals surface area contributed by atoms with Crippen molar-refractivity contribution in [3.8, 4) is 5.75 Å². The Labute approximate surface area is 202 Å². The van der Waals surface area contributed by atoms with Crippen LogP contribution < -0.4 is 21.6 Å². The smallest absolute Gasteiger partial charge is 0.232 e. The molecule has 0 saturated heterocycles. The summed E-state index contributed by atoms with van der Waals surface area (Å²) in [6.45, 7) is 6.53. The van der Waals surface area contributed by atoms with Gasteiger partial charge in [0.25, 0.3) is 0 Å². The lowest BCUT2D eigenvalue weighted by molar-refractivity contribution is 0.291. The summed E-state index contributed by atoms with van der Waals surface area (Å²) in [5.74, 6) is 9.29. The molecule has 0 atom stereocenters. The molecule has 11 heteroatoms. The third kappa shape index (κ3) is 5.93. The van der Waals surface area contributed by atoms with Gasteiger partial charge in [-0.2, -0.15) is 15.0 Å². The van der Waals surface area contributed by atoms with Crippen molar-refractivity contribution in [2.24, 2.45) is 0 Å². The lowest BCUT2D eigenvalue weighted by Crippen LogP contribution is -2.16. The van der Waals surface area contributed by atoms with Crippen molar-refractivity contribution in [2.45, 2.75) is 44.2 Å². The summed E-state index contributed by atoms with van der Waals surface area (Å²) in [6.07, 6.45) is 0. The third-order valence-corrected chi connectivity index (χ3v) is 5.93. The summed E-state index contributed by atoms with van der Waals surface area (Å²) in [4.78, 5) is 12.8. The monoisotopic (exact) mass is 477 g/mol. The molecule has 4 aromatic rings. The predicted molar refractivity (Wildman–Crippen MR) is 133 cm³/mol. The number of ether oxygens (including phenoxy) is 1. The Balaban J connectivity index is 1.36. The van der Waals surface area contributed by atoms with Crippen molar-refractivity contribution >= 4 is 29.3 Å². The number of anilines is 3. The molecule has 0 unspecified atom stereocenters. The molecular formula is C23H27N9OS. The zero-order chi connectivity index (χ0) is 24.1. The van der Waals surface area contributed by atoms with Crippen molar-refractivity contribution in [1.29, 1.82) is 0 Å². The molecule has 10 nitrogen and oxygen atoms in total. The highest BCUT2D eigenvalue weighted by Crippen LogP contribution is 2.22. The molecule has 0 aliphatic heterocycles. The molecule has 5 N–H and O–H groups in total. The van der Waals surface area contributed by atoms with Gasteiger partial charge in [0.1, 0.15) is 18.2 Å². The van der Waals surface area contributed by atoms with E-state index in [0.29, 0.717) is 34.4 Å². The van der Waals surface area contributed by atoms with E-state index in [1.54, 1.807) is 0 Å². The lowest BCUT2D eigenvalue weighted by atomic mass is 10.0. The van der Waals surface area contributed by atoms with Gasteiger partial charge in [0.2, 0.25) is 17.1 Å². The standard InChI is InChI=1S/C23H27N9OS/c1-14(2)16-6-10-18(11-7-16)33-12-20-30-31-23(32(20)25)34-13-19-27-21(24)29-22(28-19)26-17-8-4-15(3)5-9-17/h4-11,14H,12-13,25H2,1-3H3,(H3,24,26,27,28,29). The van der Waals surface area contributed by atoms with Crippen molar-refractivity contribution in [1.82, 2.24) is 29.8 Å². The Morgan fingerprint density at radius 2 is 1.74 bits per heavy atom. The summed E-state index contributed by atoms with van der Waals surface area (Å²) in [5, 5.41) is 11.9. The van der Waals surface area contributed by atoms with E-state index < -0.39 is 0 Å². The fourth-order valence-electron chi connectivity index (χ4n) is 3.05. The molecule has 176 valence electrons. The first-order valence-electron chi connectivity index (χ1n) is 10.8. The molecule has 0 aliphatic rings. The highest BCUT2D eigenvalue weighted by molar-refractivity contribution is 7.98. The van der Waals surface area contributed by atoms with Crippen LogP contribution in [0.4, 0.5) is 17.6 Å². The minimum absolute atomic E-state index is 0.131. The van der Waals surface area contributed by atoms with E-state index in [-0.39, 0.29) is 12.6 Å². The van der Waals surface area contributed by atoms with Crippen LogP contribution in [0.25, 0.3) is 0 Å². The van der Waals surface area contributed by atoms with Gasteiger partial charge in [0.15, 0.2) is 5.82 Å². The molecule has 0 amide bonds. The van der Waals surface area contributed by atoms with E-state index in [0.717, 1.165) is 17.0 Å². The second kappa shape index (κ2) is 10.4. The van der Waals surface area contributed by atoms with E-state index in [9.17, 15) is 0 Å². The summed E-state index contributed by atoms with van der Waals surface area (Å²) in [7, 11) is 0. The van der Waals surface area contributed by atoms with Crippen LogP contribution in [0.1, 0.15) is 42.5 Å². The normalized spacial score (nSPS) is 11.1. The van der Waals surface area contributed by atoms with Crippen LogP contribution in [0.5, 0.6) is 5.75 Å². The van der Waals surface area contributed by atoms with Crippen LogP contribution in [0.15, 0.2) is 53.7 Å². The Kier molecular flexibility index (Phi) is 7.12. The number of aromatic nitrogens is 6. The van der Waals surface area contributed by atoms with E-state index >= 15 is 0 Å². The molecule has 0 bridgehead atoms. The number of aryl methyl sites for hydroxylation is 1. The molecule has 0 spiro atoms. The number of nitrogens with zero attached hydrogens (tertiary/aromatic N) is 6. The number of nitrogens with one attached hydrogen (secondary N) is 1. The maximum atomic E-state index is 6.17. The second-order valence-electron chi connectivity index (χ2n) is 7.99. The first-order chi connectivity index (χ1) is 16.4. The average Bonchev–Trinajstić information content (AvgIpc) is 3.17. The Morgan fingerprint density at radius 3 is 2.44 bits per heavy atom. The van der Waals surface area contributed by atoms with Gasteiger partial charge < -0.3 is 21.6 Å². The van der Waals surface area contributed by atoms with Crippen LogP contribution in [-0.4, -0.2) is 29.8 Å². The molecule has 0 fully saturated rings. The van der Waals surface area contributed by atoms with Crippen LogP contribution >= 0.6 is 11.8 Å². The number of hydrogen-bond donors (Lipinski definition) is 3. The quantitative estimate of drug-likeness (QED) is 0.240. The SMILES string of the molecule is Cc1ccc(Nc2nc(N)nc(CSc3nnc(COc4ccc(C(C)C)cc4)n3N)n2)cc1. The van der Waals surface area contributed by atoms with Gasteiger partial charge >= 0.3 is 0 Å². The summed E-state index contributed by atoms with van der Waals surface area (Å²) in [5.41, 5.74) is 9.15. The second-order valence-corrected chi connectivity index (χ2v) is 8.94. The zero-order valence-corrected chi connectivity index (χ0v) is 20.1. The lowest BCUT2D eigenvalue weighted by Gasteiger charge is -2.09. The third-order valence-electron chi connectivity index (χ3n) is 4.99. The molecule has 2 aromatic heterocycles. The van der Waals surface area contributed by atoms with E-state index in [1.165, 1.54) is 22.0 Å². The molecule has 4 rings (SSSR count). The number of benzene rings is 2. The van der Waals surface area contributed by atoms with E-state index in [4.69, 9.17) is 16.3 Å². The van der Waals surface area contributed by atoms with Crippen LogP contribution in [0, 0.1) is 6.92 Å². The summed E-state index contributed by atoms with van der Waals surface area (Å²) < 4.78 is 7.21. The fraction of sp³-hybridized carbons (Fsp3) is 0.261. The highest BCUT2D eigenvalue weighted by Gasteiger charge is 2.13. The fourth-order valence-corrected chi connectivity index (χ4v) is 3.78. The topological polar surface area (TPSA) is 143 Å². The van der Waals surface area contributed by atoms with Gasteiger partial charge in [-0.1, -0.05) is 55.4 Å². The van der Waals surface area contributed by atoms with Gasteiger partial charge in [-0.15, -0.1) is 10.2 Å². The van der Waals surface area contributed by atoms with Crippen molar-refractivity contribution in [2.75, 3.05) is 16.9 Å². The summed E-state index contributed by atoms with van der Waals surface area (Å²) in [6, 6.07) is 15.9. The van der Waals surface area contributed by atoms with Crippen molar-refractivity contribution in [3.05, 3.63) is 71.3 Å². The largest absolute Gasteiger partial charge is 0.486 e. The first-order valence-corrected chi connectivity index (χ1v) is 11.7. The zero-order valence-electron chi connectivity index (χ0n) is 19.3. The highest BCUT2D eigenvalue weighted by atomic mass is 32.2. The van der Waals surface area contributed by atoms with Gasteiger partial charge in [-0.25, -0.2) is 4.68 Å². The van der Waals surface area contributed by atoms with Gasteiger partial charge in [0.05, 0.1) is 5.75 Å². The number of nitrogen functional groups attached to an aromatic ring is 2. The predicted octanol–water partition coefficient (Wildman–Crippen LogP) is 3.81. The van der Waals surface area contributed by atoms with Crippen molar-refractivity contribution in [3.63, 3.8) is 0 Å². The molecule has 2 heterocycles. The molecule has 34 heavy (non-hydrogen) atoms. The maximum absolute atomic E-state index is 6.17. The van der Waals surface area contributed by atoms with Gasteiger partial charge in [-0.05, 0) is 42.7 Å². The molecule has 0 radical (unpaired) electrons. The molecule has 0 saturated carbocycles. The number of nitrogens with two attached hydrogens (primary N) is 2. The van der Waals surface area contributed by atoms with Crippen molar-refractivity contribution < 1.29 is 4.74 Å². The Hall–Kier alpha value is -3.86. The number of hydrogen-bond acceptors (Lipinski definition) is 10. The van der Waals surface area contributed by atoms with Gasteiger partial charge in [0, 0.05) is 5.69 Å². The van der Waals surface area contributed by atoms with E-state index in [2.05, 4.69) is 56.4 Å². The van der Waals surface area contributed by atoms with Crippen LogP contribution in [0.3, 0.4) is 0 Å².